The number of carbonyl (C=O) groups excluding carboxylic acids is 1. The van der Waals surface area contributed by atoms with Gasteiger partial charge >= 0.3 is 5.97 Å². The normalized spacial score (nSPS) is 14.6. The second-order valence-electron chi connectivity index (χ2n) is 4.49. The van der Waals surface area contributed by atoms with E-state index in [1.54, 1.807) is 11.3 Å². The van der Waals surface area contributed by atoms with Crippen LogP contribution < -0.4 is 5.73 Å². The van der Waals surface area contributed by atoms with Crippen molar-refractivity contribution in [2.24, 2.45) is 17.1 Å². The largest absolute Gasteiger partial charge is 0.466 e. The third-order valence-electron chi connectivity index (χ3n) is 3.22. The molecule has 4 heteroatoms. The van der Waals surface area contributed by atoms with Crippen molar-refractivity contribution in [2.75, 3.05) is 13.2 Å². The first-order valence-electron chi connectivity index (χ1n) is 5.96. The quantitative estimate of drug-likeness (QED) is 0.794. The van der Waals surface area contributed by atoms with E-state index < -0.39 is 5.41 Å². The second kappa shape index (κ2) is 6.17. The van der Waals surface area contributed by atoms with E-state index in [0.29, 0.717) is 19.6 Å². The Morgan fingerprint density at radius 2 is 2.29 bits per heavy atom. The van der Waals surface area contributed by atoms with Crippen LogP contribution in [-0.2, 0) is 16.0 Å². The molecule has 0 saturated carbocycles. The fourth-order valence-electron chi connectivity index (χ4n) is 1.90. The maximum Gasteiger partial charge on any atom is 0.313 e. The summed E-state index contributed by atoms with van der Waals surface area (Å²) in [6.07, 6.45) is 0.664. The lowest BCUT2D eigenvalue weighted by Gasteiger charge is -2.33. The molecule has 0 fully saturated rings. The number of thiophene rings is 1. The predicted molar refractivity (Wildman–Crippen MR) is 71.0 cm³/mol. The predicted octanol–water partition coefficient (Wildman–Crippen LogP) is 2.45. The number of nitrogens with two attached hydrogens (primary N) is 1. The smallest absolute Gasteiger partial charge is 0.313 e. The van der Waals surface area contributed by atoms with Crippen molar-refractivity contribution < 1.29 is 9.53 Å². The minimum absolute atomic E-state index is 0.161. The lowest BCUT2D eigenvalue weighted by atomic mass is 9.74. The number of hydrogen-bond acceptors (Lipinski definition) is 4. The van der Waals surface area contributed by atoms with Gasteiger partial charge in [0, 0.05) is 11.4 Å². The molecule has 1 aromatic rings. The highest BCUT2D eigenvalue weighted by molar-refractivity contribution is 7.09. The van der Waals surface area contributed by atoms with Crippen LogP contribution in [0, 0.1) is 11.3 Å². The minimum Gasteiger partial charge on any atom is -0.466 e. The Balaban J connectivity index is 2.96. The molecular weight excluding hydrogens is 234 g/mol. The molecule has 1 heterocycles. The van der Waals surface area contributed by atoms with E-state index in [9.17, 15) is 4.79 Å². The molecule has 0 aromatic carbocycles. The van der Waals surface area contributed by atoms with Crippen molar-refractivity contribution in [2.45, 2.75) is 27.2 Å². The lowest BCUT2D eigenvalue weighted by molar-refractivity contribution is -0.157. The monoisotopic (exact) mass is 255 g/mol. The number of rotatable bonds is 6. The third-order valence-corrected chi connectivity index (χ3v) is 4.10. The highest BCUT2D eigenvalue weighted by Crippen LogP contribution is 2.33. The van der Waals surface area contributed by atoms with Crippen molar-refractivity contribution in [3.63, 3.8) is 0 Å². The van der Waals surface area contributed by atoms with Crippen LogP contribution >= 0.6 is 11.3 Å². The highest BCUT2D eigenvalue weighted by Gasteiger charge is 2.42. The van der Waals surface area contributed by atoms with Gasteiger partial charge in [-0.05, 0) is 30.7 Å². The van der Waals surface area contributed by atoms with Gasteiger partial charge in [0.2, 0.25) is 0 Å². The van der Waals surface area contributed by atoms with E-state index in [4.69, 9.17) is 10.5 Å². The lowest BCUT2D eigenvalue weighted by Crippen LogP contribution is -2.46. The average Bonchev–Trinajstić information content (AvgIpc) is 2.78. The van der Waals surface area contributed by atoms with Crippen LogP contribution in [0.1, 0.15) is 25.6 Å². The maximum absolute atomic E-state index is 12.2. The Labute approximate surface area is 107 Å². The van der Waals surface area contributed by atoms with Gasteiger partial charge in [0.05, 0.1) is 12.0 Å². The van der Waals surface area contributed by atoms with Crippen LogP contribution in [0.15, 0.2) is 17.5 Å². The van der Waals surface area contributed by atoms with Crippen molar-refractivity contribution in [1.82, 2.24) is 0 Å². The number of carbonyl (C=O) groups is 1. The molecule has 17 heavy (non-hydrogen) atoms. The Hall–Kier alpha value is -0.870. The summed E-state index contributed by atoms with van der Waals surface area (Å²) in [6, 6.07) is 4.03. The SMILES string of the molecule is CCOC(=O)C(CN)(Cc1cccs1)C(C)C. The highest BCUT2D eigenvalue weighted by atomic mass is 32.1. The molecule has 1 aromatic heterocycles. The molecule has 3 nitrogen and oxygen atoms in total. The molecule has 0 aliphatic rings. The summed E-state index contributed by atoms with van der Waals surface area (Å²) < 4.78 is 5.19. The number of hydrogen-bond donors (Lipinski definition) is 1. The van der Waals surface area contributed by atoms with E-state index in [1.165, 1.54) is 4.88 Å². The Bertz CT molecular complexity index is 348. The van der Waals surface area contributed by atoms with Crippen LogP contribution in [0.5, 0.6) is 0 Å². The molecule has 1 atom stereocenters. The molecular formula is C13H21NO2S. The third kappa shape index (κ3) is 3.07. The average molecular weight is 255 g/mol. The Morgan fingerprint density at radius 3 is 2.71 bits per heavy atom. The summed E-state index contributed by atoms with van der Waals surface area (Å²) in [5.74, 6) is -0.0143. The van der Waals surface area contributed by atoms with Gasteiger partial charge in [-0.3, -0.25) is 4.79 Å². The van der Waals surface area contributed by atoms with Gasteiger partial charge in [-0.2, -0.15) is 0 Å². The van der Waals surface area contributed by atoms with Gasteiger partial charge in [0.25, 0.3) is 0 Å². The van der Waals surface area contributed by atoms with Gasteiger partial charge in [0.1, 0.15) is 0 Å². The van der Waals surface area contributed by atoms with E-state index in [1.807, 2.05) is 38.3 Å². The Morgan fingerprint density at radius 1 is 1.59 bits per heavy atom. The zero-order valence-corrected chi connectivity index (χ0v) is 11.5. The summed E-state index contributed by atoms with van der Waals surface area (Å²) >= 11 is 1.65. The van der Waals surface area contributed by atoms with Gasteiger partial charge < -0.3 is 10.5 Å². The molecule has 0 saturated heterocycles. The molecule has 0 aliphatic carbocycles. The number of ether oxygens (including phenoxy) is 1. The van der Waals surface area contributed by atoms with E-state index in [0.717, 1.165) is 0 Å². The van der Waals surface area contributed by atoms with Crippen LogP contribution in [0.2, 0.25) is 0 Å². The van der Waals surface area contributed by atoms with Crippen molar-refractivity contribution in [3.8, 4) is 0 Å². The van der Waals surface area contributed by atoms with Gasteiger partial charge in [-0.15, -0.1) is 11.3 Å². The molecule has 96 valence electrons. The topological polar surface area (TPSA) is 52.3 Å². The fourth-order valence-corrected chi connectivity index (χ4v) is 2.73. The van der Waals surface area contributed by atoms with Gasteiger partial charge in [-0.25, -0.2) is 0 Å². The molecule has 1 unspecified atom stereocenters. The minimum atomic E-state index is -0.596. The van der Waals surface area contributed by atoms with Crippen LogP contribution in [0.3, 0.4) is 0 Å². The molecule has 0 aliphatic heterocycles. The standard InChI is InChI=1S/C13H21NO2S/c1-4-16-12(15)13(9-14,10(2)3)8-11-6-5-7-17-11/h5-7,10H,4,8-9,14H2,1-3H3. The van der Waals surface area contributed by atoms with Gasteiger partial charge in [-0.1, -0.05) is 19.9 Å². The van der Waals surface area contributed by atoms with Crippen molar-refractivity contribution in [1.29, 1.82) is 0 Å². The van der Waals surface area contributed by atoms with Crippen molar-refractivity contribution in [3.05, 3.63) is 22.4 Å². The zero-order valence-electron chi connectivity index (χ0n) is 10.7. The van der Waals surface area contributed by atoms with E-state index >= 15 is 0 Å². The van der Waals surface area contributed by atoms with Gasteiger partial charge in [0.15, 0.2) is 0 Å². The fraction of sp³-hybridized carbons (Fsp3) is 0.615. The summed E-state index contributed by atoms with van der Waals surface area (Å²) in [7, 11) is 0. The molecule has 0 amide bonds. The number of esters is 1. The molecule has 2 N–H and O–H groups in total. The van der Waals surface area contributed by atoms with Crippen LogP contribution in [0.4, 0.5) is 0 Å². The summed E-state index contributed by atoms with van der Waals surface area (Å²) in [5, 5.41) is 2.02. The molecule has 1 rings (SSSR count). The van der Waals surface area contributed by atoms with Crippen LogP contribution in [-0.4, -0.2) is 19.1 Å². The first-order valence-corrected chi connectivity index (χ1v) is 6.84. The summed E-state index contributed by atoms with van der Waals surface area (Å²) in [4.78, 5) is 13.3. The summed E-state index contributed by atoms with van der Waals surface area (Å²) in [6.45, 7) is 6.60. The molecule has 0 bridgehead atoms. The van der Waals surface area contributed by atoms with Crippen LogP contribution in [0.25, 0.3) is 0 Å². The Kier molecular flexibility index (Phi) is 5.15. The zero-order chi connectivity index (χ0) is 12.9. The van der Waals surface area contributed by atoms with E-state index in [2.05, 4.69) is 0 Å². The van der Waals surface area contributed by atoms with E-state index in [-0.39, 0.29) is 11.9 Å². The first kappa shape index (κ1) is 14.2. The molecule has 0 spiro atoms. The second-order valence-corrected chi connectivity index (χ2v) is 5.52. The maximum atomic E-state index is 12.2. The first-order chi connectivity index (χ1) is 8.06. The molecule has 0 radical (unpaired) electrons. The van der Waals surface area contributed by atoms with Crippen molar-refractivity contribution >= 4 is 17.3 Å². The summed E-state index contributed by atoms with van der Waals surface area (Å²) in [5.41, 5.74) is 5.26.